The molecule has 0 saturated carbocycles. The number of carbonyl (C=O) groups excluding carboxylic acids is 1. The number of nitrogens with one attached hydrogen (secondary N) is 1. The maximum absolute atomic E-state index is 11.5. The van der Waals surface area contributed by atoms with E-state index in [1.165, 1.54) is 0 Å². The number of rotatable bonds is 5. The fourth-order valence-electron chi connectivity index (χ4n) is 0.967. The third-order valence-corrected chi connectivity index (χ3v) is 2.24. The van der Waals surface area contributed by atoms with Crippen LogP contribution in [-0.2, 0) is 9.53 Å². The highest BCUT2D eigenvalue weighted by molar-refractivity contribution is 7.84. The molecule has 0 saturated heterocycles. The number of hydrogen-bond donors (Lipinski definition) is 2. The minimum atomic E-state index is -0.480. The van der Waals surface area contributed by atoms with Crippen molar-refractivity contribution in [1.82, 2.24) is 5.32 Å². The summed E-state index contributed by atoms with van der Waals surface area (Å²) < 4.78 is 4.85. The Morgan fingerprint density at radius 2 is 1.94 bits per heavy atom. The SMILES string of the molecule is C=N/C(C(=O)OCC)=C(/C)N/C(C)=C(/C)S. The van der Waals surface area contributed by atoms with Crippen molar-refractivity contribution in [3.8, 4) is 0 Å². The van der Waals surface area contributed by atoms with E-state index >= 15 is 0 Å². The number of carbonyl (C=O) groups is 1. The highest BCUT2D eigenvalue weighted by atomic mass is 32.1. The highest BCUT2D eigenvalue weighted by Crippen LogP contribution is 2.10. The molecule has 0 unspecified atom stereocenters. The van der Waals surface area contributed by atoms with Crippen molar-refractivity contribution < 1.29 is 9.53 Å². The van der Waals surface area contributed by atoms with Crippen LogP contribution >= 0.6 is 12.6 Å². The lowest BCUT2D eigenvalue weighted by atomic mass is 10.3. The lowest BCUT2D eigenvalue weighted by Gasteiger charge is -2.11. The van der Waals surface area contributed by atoms with Gasteiger partial charge in [-0.2, -0.15) is 0 Å². The lowest BCUT2D eigenvalue weighted by molar-refractivity contribution is -0.138. The van der Waals surface area contributed by atoms with Crippen LogP contribution < -0.4 is 5.32 Å². The molecule has 90 valence electrons. The molecule has 0 rings (SSSR count). The predicted molar refractivity (Wildman–Crippen MR) is 69.4 cm³/mol. The molecule has 0 aromatic carbocycles. The summed E-state index contributed by atoms with van der Waals surface area (Å²) >= 11 is 4.19. The molecule has 0 atom stereocenters. The highest BCUT2D eigenvalue weighted by Gasteiger charge is 2.12. The van der Waals surface area contributed by atoms with Crippen LogP contribution in [0.3, 0.4) is 0 Å². The van der Waals surface area contributed by atoms with Crippen LogP contribution in [0.5, 0.6) is 0 Å². The van der Waals surface area contributed by atoms with E-state index in [9.17, 15) is 4.79 Å². The van der Waals surface area contributed by atoms with Gasteiger partial charge >= 0.3 is 5.97 Å². The van der Waals surface area contributed by atoms with Crippen LogP contribution in [0.4, 0.5) is 0 Å². The largest absolute Gasteiger partial charge is 0.461 e. The Hall–Kier alpha value is -1.23. The monoisotopic (exact) mass is 242 g/mol. The van der Waals surface area contributed by atoms with Crippen molar-refractivity contribution in [1.29, 1.82) is 0 Å². The second-order valence-corrected chi connectivity index (χ2v) is 3.86. The van der Waals surface area contributed by atoms with Gasteiger partial charge in [-0.25, -0.2) is 4.79 Å². The van der Waals surface area contributed by atoms with Gasteiger partial charge in [-0.15, -0.1) is 12.6 Å². The van der Waals surface area contributed by atoms with Gasteiger partial charge in [0, 0.05) is 11.4 Å². The fourth-order valence-corrected chi connectivity index (χ4v) is 1.02. The zero-order chi connectivity index (χ0) is 12.7. The number of aliphatic imine (C=N–C) groups is 1. The Morgan fingerprint density at radius 3 is 2.31 bits per heavy atom. The van der Waals surface area contributed by atoms with Crippen LogP contribution in [0.25, 0.3) is 0 Å². The van der Waals surface area contributed by atoms with E-state index in [0.717, 1.165) is 10.6 Å². The first-order valence-electron chi connectivity index (χ1n) is 4.92. The minimum absolute atomic E-state index is 0.191. The van der Waals surface area contributed by atoms with Crippen molar-refractivity contribution in [2.75, 3.05) is 6.61 Å². The summed E-state index contributed by atoms with van der Waals surface area (Å²) in [6, 6.07) is 0. The molecule has 0 heterocycles. The number of hydrogen-bond acceptors (Lipinski definition) is 5. The minimum Gasteiger partial charge on any atom is -0.461 e. The summed E-state index contributed by atoms with van der Waals surface area (Å²) in [5.41, 5.74) is 1.64. The molecule has 0 radical (unpaired) electrons. The Morgan fingerprint density at radius 1 is 1.38 bits per heavy atom. The van der Waals surface area contributed by atoms with Gasteiger partial charge < -0.3 is 10.1 Å². The molecule has 4 nitrogen and oxygen atoms in total. The average Bonchev–Trinajstić information content (AvgIpc) is 2.18. The van der Waals surface area contributed by atoms with E-state index in [0.29, 0.717) is 12.3 Å². The van der Waals surface area contributed by atoms with Gasteiger partial charge in [0.2, 0.25) is 0 Å². The number of allylic oxidation sites excluding steroid dienone is 3. The molecule has 16 heavy (non-hydrogen) atoms. The third-order valence-electron chi connectivity index (χ3n) is 1.90. The first-order valence-corrected chi connectivity index (χ1v) is 5.36. The van der Waals surface area contributed by atoms with Gasteiger partial charge in [-0.3, -0.25) is 4.99 Å². The molecule has 0 amide bonds. The molecule has 0 aliphatic heterocycles. The quantitative estimate of drug-likeness (QED) is 0.336. The second-order valence-electron chi connectivity index (χ2n) is 3.19. The fraction of sp³-hybridized carbons (Fsp3) is 0.455. The van der Waals surface area contributed by atoms with Gasteiger partial charge in [0.1, 0.15) is 0 Å². The van der Waals surface area contributed by atoms with E-state index in [2.05, 4.69) is 29.7 Å². The summed E-state index contributed by atoms with van der Waals surface area (Å²) in [7, 11) is 0. The van der Waals surface area contributed by atoms with Crippen LogP contribution in [0, 0.1) is 0 Å². The first kappa shape index (κ1) is 14.8. The van der Waals surface area contributed by atoms with Crippen molar-refractivity contribution in [2.45, 2.75) is 27.7 Å². The number of nitrogens with zero attached hydrogens (tertiary/aromatic N) is 1. The van der Waals surface area contributed by atoms with E-state index in [1.54, 1.807) is 13.8 Å². The summed E-state index contributed by atoms with van der Waals surface area (Å²) in [5.74, 6) is -0.480. The van der Waals surface area contributed by atoms with Crippen molar-refractivity contribution in [2.24, 2.45) is 4.99 Å². The van der Waals surface area contributed by atoms with Crippen LogP contribution in [0.1, 0.15) is 27.7 Å². The van der Waals surface area contributed by atoms with Crippen molar-refractivity contribution in [3.63, 3.8) is 0 Å². The molecule has 0 bridgehead atoms. The van der Waals surface area contributed by atoms with E-state index < -0.39 is 5.97 Å². The molecule has 0 spiro atoms. The van der Waals surface area contributed by atoms with Crippen molar-refractivity contribution >= 4 is 25.3 Å². The molecule has 0 aromatic rings. The smallest absolute Gasteiger partial charge is 0.358 e. The van der Waals surface area contributed by atoms with Crippen LogP contribution in [-0.4, -0.2) is 19.3 Å². The molecule has 0 aromatic heterocycles. The molecular weight excluding hydrogens is 224 g/mol. The summed E-state index contributed by atoms with van der Waals surface area (Å²) in [6.45, 7) is 10.9. The van der Waals surface area contributed by atoms with Gasteiger partial charge in [0.15, 0.2) is 5.70 Å². The van der Waals surface area contributed by atoms with Gasteiger partial charge in [0.05, 0.1) is 6.61 Å². The van der Waals surface area contributed by atoms with Crippen molar-refractivity contribution in [3.05, 3.63) is 22.0 Å². The van der Waals surface area contributed by atoms with E-state index in [1.807, 2.05) is 13.8 Å². The van der Waals surface area contributed by atoms with Gasteiger partial charge in [-0.05, 0) is 39.3 Å². The number of ether oxygens (including phenoxy) is 1. The number of thiol groups is 1. The third kappa shape index (κ3) is 4.53. The standard InChI is InChI=1S/C11H18N2O2S/c1-6-15-11(14)10(12-5)8(3)13-7(2)9(4)16/h13,16H,5-6H2,1-4H3/b9-7-,10-8-. The topological polar surface area (TPSA) is 50.7 Å². The summed E-state index contributed by atoms with van der Waals surface area (Å²) in [5, 5.41) is 3.02. The predicted octanol–water partition coefficient (Wildman–Crippen LogP) is 2.25. The van der Waals surface area contributed by atoms with Gasteiger partial charge in [-0.1, -0.05) is 0 Å². The molecule has 0 aliphatic carbocycles. The Balaban J connectivity index is 4.96. The second kappa shape index (κ2) is 7.11. The Labute approximate surface area is 102 Å². The average molecular weight is 242 g/mol. The molecular formula is C11H18N2O2S. The van der Waals surface area contributed by atoms with E-state index in [-0.39, 0.29) is 5.70 Å². The summed E-state index contributed by atoms with van der Waals surface area (Å²) in [4.78, 5) is 16.0. The summed E-state index contributed by atoms with van der Waals surface area (Å²) in [6.07, 6.45) is 0. The maximum atomic E-state index is 11.5. The molecule has 1 N–H and O–H groups in total. The zero-order valence-electron chi connectivity index (χ0n) is 10.1. The number of esters is 1. The van der Waals surface area contributed by atoms with Gasteiger partial charge in [0.25, 0.3) is 0 Å². The first-order chi connectivity index (χ1) is 7.43. The normalized spacial score (nSPS) is 13.6. The maximum Gasteiger partial charge on any atom is 0.358 e. The van der Waals surface area contributed by atoms with Crippen LogP contribution in [0.15, 0.2) is 27.0 Å². The Bertz CT molecular complexity index is 342. The molecule has 0 aliphatic rings. The Kier molecular flexibility index (Phi) is 6.56. The molecule has 0 fully saturated rings. The lowest BCUT2D eigenvalue weighted by Crippen LogP contribution is -2.16. The van der Waals surface area contributed by atoms with Crippen LogP contribution in [0.2, 0.25) is 0 Å². The van der Waals surface area contributed by atoms with E-state index in [4.69, 9.17) is 4.74 Å². The zero-order valence-corrected chi connectivity index (χ0v) is 11.0. The molecule has 5 heteroatoms.